The molecular weight excluding hydrogens is 258 g/mol. The lowest BCUT2D eigenvalue weighted by molar-refractivity contribution is -0.0191. The molecule has 1 fully saturated rings. The number of likely N-dealkylation sites (N-methyl/N-ethyl adjacent to an activating group) is 1. The summed E-state index contributed by atoms with van der Waals surface area (Å²) in [4.78, 5) is 6.72. The van der Waals surface area contributed by atoms with Crippen molar-refractivity contribution in [3.05, 3.63) is 23.7 Å². The largest absolute Gasteiger partial charge is 0.382 e. The fourth-order valence-electron chi connectivity index (χ4n) is 2.39. The Morgan fingerprint density at radius 3 is 3.37 bits per heavy atom. The van der Waals surface area contributed by atoms with Gasteiger partial charge in [-0.1, -0.05) is 6.92 Å². The number of benzene rings is 1. The molecule has 19 heavy (non-hydrogen) atoms. The molecule has 102 valence electrons. The Morgan fingerprint density at radius 1 is 1.53 bits per heavy atom. The fraction of sp³-hybridized carbons (Fsp3) is 0.500. The van der Waals surface area contributed by atoms with Gasteiger partial charge in [0.1, 0.15) is 0 Å². The van der Waals surface area contributed by atoms with Crippen LogP contribution in [0.25, 0.3) is 10.2 Å². The van der Waals surface area contributed by atoms with E-state index in [4.69, 9.17) is 4.74 Å². The molecule has 1 aromatic carbocycles. The summed E-state index contributed by atoms with van der Waals surface area (Å²) in [6.07, 6.45) is 0.283. The van der Waals surface area contributed by atoms with Crippen molar-refractivity contribution in [1.29, 1.82) is 0 Å². The average molecular weight is 277 g/mol. The van der Waals surface area contributed by atoms with Crippen molar-refractivity contribution in [3.63, 3.8) is 0 Å². The summed E-state index contributed by atoms with van der Waals surface area (Å²) in [6, 6.07) is 6.31. The lowest BCUT2D eigenvalue weighted by Crippen LogP contribution is -2.45. The van der Waals surface area contributed by atoms with Crippen molar-refractivity contribution < 1.29 is 4.74 Å². The molecular formula is C14H19N3OS. The lowest BCUT2D eigenvalue weighted by Gasteiger charge is -2.32. The number of ether oxygens (including phenoxy) is 1. The third-order valence-electron chi connectivity index (χ3n) is 3.54. The van der Waals surface area contributed by atoms with Crippen LogP contribution < -0.4 is 5.32 Å². The second-order valence-corrected chi connectivity index (χ2v) is 5.69. The minimum atomic E-state index is 0.283. The summed E-state index contributed by atoms with van der Waals surface area (Å²) in [5.74, 6) is 0. The first kappa shape index (κ1) is 12.8. The van der Waals surface area contributed by atoms with Crippen LogP contribution >= 0.6 is 11.3 Å². The number of rotatable bonds is 4. The molecule has 1 atom stereocenters. The minimum Gasteiger partial charge on any atom is -0.382 e. The van der Waals surface area contributed by atoms with Crippen LogP contribution in [-0.4, -0.2) is 48.8 Å². The Hall–Kier alpha value is -1.17. The Bertz CT molecular complexity index is 542. The summed E-state index contributed by atoms with van der Waals surface area (Å²) in [5.41, 5.74) is 4.10. The van der Waals surface area contributed by atoms with Crippen molar-refractivity contribution >= 4 is 27.2 Å². The summed E-state index contributed by atoms with van der Waals surface area (Å²) >= 11 is 1.68. The highest BCUT2D eigenvalue weighted by molar-refractivity contribution is 7.16. The van der Waals surface area contributed by atoms with Gasteiger partial charge in [0.2, 0.25) is 0 Å². The van der Waals surface area contributed by atoms with E-state index in [1.54, 1.807) is 11.3 Å². The summed E-state index contributed by atoms with van der Waals surface area (Å²) in [5, 5.41) is 3.47. The molecule has 4 nitrogen and oxygen atoms in total. The van der Waals surface area contributed by atoms with E-state index in [0.29, 0.717) is 0 Å². The minimum absolute atomic E-state index is 0.283. The molecule has 1 saturated heterocycles. The van der Waals surface area contributed by atoms with E-state index in [2.05, 4.69) is 40.3 Å². The monoisotopic (exact) mass is 277 g/mol. The van der Waals surface area contributed by atoms with E-state index >= 15 is 0 Å². The maximum absolute atomic E-state index is 5.79. The van der Waals surface area contributed by atoms with Gasteiger partial charge in [0.05, 0.1) is 28.4 Å². The van der Waals surface area contributed by atoms with E-state index in [0.717, 1.165) is 44.0 Å². The van der Waals surface area contributed by atoms with E-state index in [-0.39, 0.29) is 6.10 Å². The fourth-order valence-corrected chi connectivity index (χ4v) is 3.10. The zero-order valence-corrected chi connectivity index (χ0v) is 11.9. The quantitative estimate of drug-likeness (QED) is 0.931. The van der Waals surface area contributed by atoms with Crippen LogP contribution in [0.5, 0.6) is 0 Å². The molecule has 1 unspecified atom stereocenters. The van der Waals surface area contributed by atoms with Gasteiger partial charge in [-0.25, -0.2) is 4.98 Å². The number of hydrogen-bond donors (Lipinski definition) is 1. The number of thiazole rings is 1. The Balaban J connectivity index is 1.59. The Labute approximate surface area is 117 Å². The predicted octanol–water partition coefficient (Wildman–Crippen LogP) is 2.43. The molecule has 1 N–H and O–H groups in total. The van der Waals surface area contributed by atoms with E-state index in [1.807, 2.05) is 5.51 Å². The first-order valence-electron chi connectivity index (χ1n) is 6.76. The van der Waals surface area contributed by atoms with Crippen LogP contribution in [0.4, 0.5) is 5.69 Å². The van der Waals surface area contributed by atoms with Crippen LogP contribution in [0.15, 0.2) is 23.7 Å². The van der Waals surface area contributed by atoms with E-state index in [9.17, 15) is 0 Å². The smallest absolute Gasteiger partial charge is 0.0874 e. The SMILES string of the molecule is CCN1CCOC(CNc2ccc3ncsc3c2)C1. The van der Waals surface area contributed by atoms with Gasteiger partial charge >= 0.3 is 0 Å². The van der Waals surface area contributed by atoms with Gasteiger partial charge in [-0.2, -0.15) is 0 Å². The molecule has 2 aromatic rings. The molecule has 0 aliphatic carbocycles. The van der Waals surface area contributed by atoms with E-state index in [1.165, 1.54) is 4.70 Å². The molecule has 2 heterocycles. The first-order chi connectivity index (χ1) is 9.35. The molecule has 1 aliphatic rings. The van der Waals surface area contributed by atoms with Crippen molar-refractivity contribution in [2.75, 3.05) is 38.1 Å². The Morgan fingerprint density at radius 2 is 2.47 bits per heavy atom. The molecule has 0 amide bonds. The van der Waals surface area contributed by atoms with Crippen LogP contribution in [0.1, 0.15) is 6.92 Å². The van der Waals surface area contributed by atoms with Gasteiger partial charge < -0.3 is 10.1 Å². The number of anilines is 1. The van der Waals surface area contributed by atoms with Crippen LogP contribution in [0, 0.1) is 0 Å². The number of nitrogens with zero attached hydrogens (tertiary/aromatic N) is 2. The number of nitrogens with one attached hydrogen (secondary N) is 1. The summed E-state index contributed by atoms with van der Waals surface area (Å²) < 4.78 is 7.02. The van der Waals surface area contributed by atoms with Gasteiger partial charge in [-0.05, 0) is 24.7 Å². The van der Waals surface area contributed by atoms with Crippen LogP contribution in [0.2, 0.25) is 0 Å². The molecule has 3 rings (SSSR count). The van der Waals surface area contributed by atoms with Gasteiger partial charge in [0.25, 0.3) is 0 Å². The van der Waals surface area contributed by atoms with Crippen LogP contribution in [-0.2, 0) is 4.74 Å². The zero-order valence-electron chi connectivity index (χ0n) is 11.1. The molecule has 0 spiro atoms. The van der Waals surface area contributed by atoms with E-state index < -0.39 is 0 Å². The molecule has 0 radical (unpaired) electrons. The highest BCUT2D eigenvalue weighted by atomic mass is 32.1. The molecule has 0 saturated carbocycles. The van der Waals surface area contributed by atoms with Crippen molar-refractivity contribution in [3.8, 4) is 0 Å². The third kappa shape index (κ3) is 3.05. The van der Waals surface area contributed by atoms with Gasteiger partial charge in [0.15, 0.2) is 0 Å². The molecule has 1 aromatic heterocycles. The number of aromatic nitrogens is 1. The first-order valence-corrected chi connectivity index (χ1v) is 7.64. The Kier molecular flexibility index (Phi) is 3.96. The third-order valence-corrected chi connectivity index (χ3v) is 4.33. The lowest BCUT2D eigenvalue weighted by atomic mass is 10.2. The highest BCUT2D eigenvalue weighted by Gasteiger charge is 2.18. The van der Waals surface area contributed by atoms with Gasteiger partial charge in [0, 0.05) is 25.3 Å². The van der Waals surface area contributed by atoms with Crippen LogP contribution in [0.3, 0.4) is 0 Å². The maximum atomic E-state index is 5.79. The van der Waals surface area contributed by atoms with Gasteiger partial charge in [-0.15, -0.1) is 11.3 Å². The summed E-state index contributed by atoms with van der Waals surface area (Å²) in [6.45, 7) is 7.08. The zero-order chi connectivity index (χ0) is 13.1. The topological polar surface area (TPSA) is 37.4 Å². The summed E-state index contributed by atoms with van der Waals surface area (Å²) in [7, 11) is 0. The standard InChI is InChI=1S/C14H19N3OS/c1-2-17-5-6-18-12(9-17)8-15-11-3-4-13-14(7-11)19-10-16-13/h3-4,7,10,12,15H,2,5-6,8-9H2,1H3. The maximum Gasteiger partial charge on any atom is 0.0874 e. The van der Waals surface area contributed by atoms with Crippen molar-refractivity contribution in [2.24, 2.45) is 0 Å². The van der Waals surface area contributed by atoms with Gasteiger partial charge in [-0.3, -0.25) is 4.90 Å². The molecule has 0 bridgehead atoms. The second kappa shape index (κ2) is 5.86. The molecule has 5 heteroatoms. The highest BCUT2D eigenvalue weighted by Crippen LogP contribution is 2.21. The number of fused-ring (bicyclic) bond motifs is 1. The normalized spacial score (nSPS) is 20.8. The second-order valence-electron chi connectivity index (χ2n) is 4.80. The predicted molar refractivity (Wildman–Crippen MR) is 80.0 cm³/mol. The van der Waals surface area contributed by atoms with Crippen molar-refractivity contribution in [1.82, 2.24) is 9.88 Å². The van der Waals surface area contributed by atoms with Crippen molar-refractivity contribution in [2.45, 2.75) is 13.0 Å². The average Bonchev–Trinajstić information content (AvgIpc) is 2.93. The molecule has 1 aliphatic heterocycles. The number of morpholine rings is 1. The number of hydrogen-bond acceptors (Lipinski definition) is 5.